The molecular formula is C17H23NO3. The van der Waals surface area contributed by atoms with E-state index in [0.29, 0.717) is 6.54 Å². The Balaban J connectivity index is 2.29. The number of ether oxygens (including phenoxy) is 2. The third kappa shape index (κ3) is 3.78. The molecule has 21 heavy (non-hydrogen) atoms. The zero-order valence-corrected chi connectivity index (χ0v) is 13.1. The monoisotopic (exact) mass is 289 g/mol. The molecule has 0 saturated carbocycles. The molecule has 4 nitrogen and oxygen atoms in total. The van der Waals surface area contributed by atoms with E-state index in [1.165, 1.54) is 0 Å². The minimum Gasteiger partial charge on any atom is -0.496 e. The highest BCUT2D eigenvalue weighted by molar-refractivity contribution is 5.70. The zero-order valence-electron chi connectivity index (χ0n) is 13.1. The maximum Gasteiger partial charge on any atom is 0.411 e. The first-order valence-corrected chi connectivity index (χ1v) is 7.21. The number of rotatable bonds is 2. The van der Waals surface area contributed by atoms with Gasteiger partial charge in [0, 0.05) is 12.1 Å². The molecule has 0 aliphatic carbocycles. The average Bonchev–Trinajstić information content (AvgIpc) is 2.45. The van der Waals surface area contributed by atoms with Crippen molar-refractivity contribution in [2.45, 2.75) is 38.8 Å². The summed E-state index contributed by atoms with van der Waals surface area (Å²) in [6.45, 7) is 6.28. The molecule has 0 N–H and O–H groups in total. The Morgan fingerprint density at radius 1 is 1.29 bits per heavy atom. The highest BCUT2D eigenvalue weighted by atomic mass is 16.6. The summed E-state index contributed by atoms with van der Waals surface area (Å²) in [5.41, 5.74) is 0.477. The van der Waals surface area contributed by atoms with Crippen LogP contribution in [0, 0.1) is 0 Å². The SMILES string of the molecule is COc1ccccc1[C@H]1C=CCCN1C(=O)OC(C)(C)C. The zero-order chi connectivity index (χ0) is 15.5. The van der Waals surface area contributed by atoms with Gasteiger partial charge < -0.3 is 9.47 Å². The third-order valence-corrected chi connectivity index (χ3v) is 3.28. The van der Waals surface area contributed by atoms with E-state index in [0.717, 1.165) is 17.7 Å². The van der Waals surface area contributed by atoms with Gasteiger partial charge in [-0.2, -0.15) is 0 Å². The predicted octanol–water partition coefficient (Wildman–Crippen LogP) is 3.93. The summed E-state index contributed by atoms with van der Waals surface area (Å²) in [5.74, 6) is 0.780. The Labute approximate surface area is 126 Å². The Morgan fingerprint density at radius 2 is 2.00 bits per heavy atom. The summed E-state index contributed by atoms with van der Waals surface area (Å²) in [6, 6.07) is 7.62. The number of benzene rings is 1. The van der Waals surface area contributed by atoms with Gasteiger partial charge in [-0.25, -0.2) is 4.79 Å². The fourth-order valence-electron chi connectivity index (χ4n) is 2.39. The predicted molar refractivity (Wildman–Crippen MR) is 82.4 cm³/mol. The van der Waals surface area contributed by atoms with Crippen LogP contribution in [0.15, 0.2) is 36.4 Å². The van der Waals surface area contributed by atoms with Gasteiger partial charge in [-0.1, -0.05) is 30.4 Å². The fourth-order valence-corrected chi connectivity index (χ4v) is 2.39. The van der Waals surface area contributed by atoms with E-state index in [1.54, 1.807) is 12.0 Å². The van der Waals surface area contributed by atoms with Crippen LogP contribution in [0.4, 0.5) is 4.79 Å². The van der Waals surface area contributed by atoms with Gasteiger partial charge in [0.1, 0.15) is 11.4 Å². The molecule has 1 heterocycles. The molecule has 0 unspecified atom stereocenters. The summed E-state index contributed by atoms with van der Waals surface area (Å²) in [6.07, 6.45) is 4.68. The standard InChI is InChI=1S/C17H23NO3/c1-17(2,3)21-16(19)18-12-8-7-10-14(18)13-9-5-6-11-15(13)20-4/h5-7,9-11,14H,8,12H2,1-4H3/t14-/m1/s1. The number of hydrogen-bond acceptors (Lipinski definition) is 3. The van der Waals surface area contributed by atoms with Crippen molar-refractivity contribution in [2.24, 2.45) is 0 Å². The molecule has 1 atom stereocenters. The van der Waals surface area contributed by atoms with Crippen LogP contribution in [0.1, 0.15) is 38.8 Å². The molecule has 1 aromatic carbocycles. The van der Waals surface area contributed by atoms with Crippen LogP contribution in [0.25, 0.3) is 0 Å². The second-order valence-electron chi connectivity index (χ2n) is 6.08. The maximum atomic E-state index is 12.4. The van der Waals surface area contributed by atoms with Gasteiger partial charge in [-0.15, -0.1) is 0 Å². The molecule has 1 aromatic rings. The molecule has 0 spiro atoms. The van der Waals surface area contributed by atoms with E-state index in [9.17, 15) is 4.79 Å². The molecule has 2 rings (SSSR count). The van der Waals surface area contributed by atoms with Crippen LogP contribution in [0.5, 0.6) is 5.75 Å². The molecule has 0 aromatic heterocycles. The Bertz CT molecular complexity index is 531. The molecule has 1 aliphatic heterocycles. The minimum atomic E-state index is -0.496. The summed E-state index contributed by atoms with van der Waals surface area (Å²) in [4.78, 5) is 14.2. The molecule has 1 amide bonds. The summed E-state index contributed by atoms with van der Waals surface area (Å²) in [5, 5.41) is 0. The summed E-state index contributed by atoms with van der Waals surface area (Å²) < 4.78 is 10.9. The average molecular weight is 289 g/mol. The fraction of sp³-hybridized carbons (Fsp3) is 0.471. The van der Waals surface area contributed by atoms with Crippen LogP contribution < -0.4 is 4.74 Å². The molecule has 114 valence electrons. The Hall–Kier alpha value is -1.97. The molecule has 0 fully saturated rings. The molecule has 0 radical (unpaired) electrons. The normalized spacial score (nSPS) is 18.5. The summed E-state index contributed by atoms with van der Waals surface area (Å²) >= 11 is 0. The van der Waals surface area contributed by atoms with Crippen LogP contribution in [0.3, 0.4) is 0 Å². The van der Waals surface area contributed by atoms with Crippen molar-refractivity contribution in [2.75, 3.05) is 13.7 Å². The summed E-state index contributed by atoms with van der Waals surface area (Å²) in [7, 11) is 1.64. The second kappa shape index (κ2) is 6.20. The van der Waals surface area contributed by atoms with Crippen LogP contribution >= 0.6 is 0 Å². The van der Waals surface area contributed by atoms with Crippen LogP contribution in [-0.2, 0) is 4.74 Å². The first-order valence-electron chi connectivity index (χ1n) is 7.21. The number of amides is 1. The van der Waals surface area contributed by atoms with Gasteiger partial charge in [-0.3, -0.25) is 4.90 Å². The highest BCUT2D eigenvalue weighted by Gasteiger charge is 2.30. The Kier molecular flexibility index (Phi) is 4.56. The van der Waals surface area contributed by atoms with Gasteiger partial charge >= 0.3 is 6.09 Å². The van der Waals surface area contributed by atoms with Crippen molar-refractivity contribution in [1.29, 1.82) is 0 Å². The van der Waals surface area contributed by atoms with Crippen LogP contribution in [-0.4, -0.2) is 30.2 Å². The molecule has 4 heteroatoms. The number of para-hydroxylation sites is 1. The van der Waals surface area contributed by atoms with E-state index in [2.05, 4.69) is 6.08 Å². The first-order chi connectivity index (χ1) is 9.92. The molecular weight excluding hydrogens is 266 g/mol. The van der Waals surface area contributed by atoms with Crippen molar-refractivity contribution in [3.05, 3.63) is 42.0 Å². The molecule has 0 bridgehead atoms. The quantitative estimate of drug-likeness (QED) is 0.774. The maximum absolute atomic E-state index is 12.4. The number of carbonyl (C=O) groups excluding carboxylic acids is 1. The highest BCUT2D eigenvalue weighted by Crippen LogP contribution is 2.33. The lowest BCUT2D eigenvalue weighted by Gasteiger charge is -2.34. The topological polar surface area (TPSA) is 38.8 Å². The van der Waals surface area contributed by atoms with Crippen LogP contribution in [0.2, 0.25) is 0 Å². The number of hydrogen-bond donors (Lipinski definition) is 0. The van der Waals surface area contributed by atoms with Gasteiger partial charge in [0.05, 0.1) is 13.2 Å². The Morgan fingerprint density at radius 3 is 2.67 bits per heavy atom. The van der Waals surface area contributed by atoms with Crippen molar-refractivity contribution in [3.63, 3.8) is 0 Å². The smallest absolute Gasteiger partial charge is 0.411 e. The van der Waals surface area contributed by atoms with E-state index in [4.69, 9.17) is 9.47 Å². The lowest BCUT2D eigenvalue weighted by atomic mass is 10.0. The minimum absolute atomic E-state index is 0.148. The second-order valence-corrected chi connectivity index (χ2v) is 6.08. The van der Waals surface area contributed by atoms with Crippen molar-refractivity contribution >= 4 is 6.09 Å². The van der Waals surface area contributed by atoms with E-state index in [-0.39, 0.29) is 12.1 Å². The first kappa shape index (κ1) is 15.4. The van der Waals surface area contributed by atoms with Crippen molar-refractivity contribution < 1.29 is 14.3 Å². The number of nitrogens with zero attached hydrogens (tertiary/aromatic N) is 1. The lowest BCUT2D eigenvalue weighted by molar-refractivity contribution is 0.0189. The lowest BCUT2D eigenvalue weighted by Crippen LogP contribution is -2.40. The largest absolute Gasteiger partial charge is 0.496 e. The third-order valence-electron chi connectivity index (χ3n) is 3.28. The van der Waals surface area contributed by atoms with Crippen molar-refractivity contribution in [3.8, 4) is 5.75 Å². The van der Waals surface area contributed by atoms with Gasteiger partial charge in [-0.05, 0) is 33.3 Å². The van der Waals surface area contributed by atoms with Gasteiger partial charge in [0.25, 0.3) is 0 Å². The van der Waals surface area contributed by atoms with Gasteiger partial charge in [0.15, 0.2) is 0 Å². The molecule has 1 aliphatic rings. The number of carbonyl (C=O) groups is 1. The molecule has 0 saturated heterocycles. The van der Waals surface area contributed by atoms with Gasteiger partial charge in [0.2, 0.25) is 0 Å². The van der Waals surface area contributed by atoms with E-state index >= 15 is 0 Å². The van der Waals surface area contributed by atoms with E-state index < -0.39 is 5.60 Å². The number of methoxy groups -OCH3 is 1. The van der Waals surface area contributed by atoms with Crippen molar-refractivity contribution in [1.82, 2.24) is 4.90 Å². The van der Waals surface area contributed by atoms with E-state index in [1.807, 2.05) is 51.1 Å².